The topological polar surface area (TPSA) is 110 Å². The maximum absolute atomic E-state index is 13.7. The van der Waals surface area contributed by atoms with Gasteiger partial charge in [-0.2, -0.15) is 0 Å². The van der Waals surface area contributed by atoms with Crippen molar-refractivity contribution in [3.63, 3.8) is 0 Å². The average molecular weight is 573 g/mol. The molecule has 2 aromatic carbocycles. The molecule has 1 saturated heterocycles. The lowest BCUT2D eigenvalue weighted by molar-refractivity contribution is -0.123. The summed E-state index contributed by atoms with van der Waals surface area (Å²) in [7, 11) is 1.56. The molecule has 0 spiro atoms. The van der Waals surface area contributed by atoms with E-state index in [1.165, 1.54) is 4.90 Å². The number of hydrogen-bond acceptors (Lipinski definition) is 6. The number of fused-ring (bicyclic) bond motifs is 5. The van der Waals surface area contributed by atoms with Crippen LogP contribution in [-0.2, 0) is 22.7 Å². The van der Waals surface area contributed by atoms with E-state index in [9.17, 15) is 19.2 Å². The van der Waals surface area contributed by atoms with Gasteiger partial charge in [-0.05, 0) is 74.7 Å². The minimum atomic E-state index is -0.539. The number of likely N-dealkylation sites (N-methyl/N-ethyl adjacent to an activating group) is 1. The third kappa shape index (κ3) is 5.80. The van der Waals surface area contributed by atoms with Crippen LogP contribution in [0.5, 0.6) is 11.5 Å². The summed E-state index contributed by atoms with van der Waals surface area (Å²) >= 11 is 0. The Morgan fingerprint density at radius 3 is 2.55 bits per heavy atom. The lowest BCUT2D eigenvalue weighted by atomic mass is 10.1. The Kier molecular flexibility index (Phi) is 8.17. The quantitative estimate of drug-likeness (QED) is 0.505. The molecule has 2 atom stereocenters. The van der Waals surface area contributed by atoms with E-state index in [1.54, 1.807) is 35.6 Å². The van der Waals surface area contributed by atoms with Gasteiger partial charge in [-0.15, -0.1) is 0 Å². The fraction of sp³-hybridized carbons (Fsp3) is 0.375. The lowest BCUT2D eigenvalue weighted by Crippen LogP contribution is -2.48. The molecule has 3 heterocycles. The summed E-state index contributed by atoms with van der Waals surface area (Å²) in [5.41, 5.74) is 3.31. The number of nitrogens with one attached hydrogen (secondary N) is 1. The van der Waals surface area contributed by atoms with Crippen molar-refractivity contribution in [3.8, 4) is 11.5 Å². The summed E-state index contributed by atoms with van der Waals surface area (Å²) in [6.45, 7) is 8.21. The van der Waals surface area contributed by atoms with Crippen LogP contribution in [0.3, 0.4) is 0 Å². The summed E-state index contributed by atoms with van der Waals surface area (Å²) in [4.78, 5) is 56.1. The number of likely N-dealkylation sites (tertiary alicyclic amines) is 1. The molecule has 1 N–H and O–H groups in total. The van der Waals surface area contributed by atoms with Crippen LogP contribution >= 0.6 is 0 Å². The number of hydrogen-bond donors (Lipinski definition) is 1. The third-order valence-electron chi connectivity index (χ3n) is 7.89. The van der Waals surface area contributed by atoms with Crippen LogP contribution in [0, 0.1) is 20.8 Å². The van der Waals surface area contributed by atoms with Gasteiger partial charge in [0.05, 0.1) is 25.3 Å². The van der Waals surface area contributed by atoms with Crippen LogP contribution in [0.2, 0.25) is 0 Å². The highest BCUT2D eigenvalue weighted by atomic mass is 16.5. The highest BCUT2D eigenvalue weighted by Crippen LogP contribution is 2.28. The van der Waals surface area contributed by atoms with Crippen molar-refractivity contribution in [2.24, 2.45) is 0 Å². The molecule has 4 bridgehead atoms. The van der Waals surface area contributed by atoms with Gasteiger partial charge in [0.2, 0.25) is 5.91 Å². The molecule has 0 aliphatic carbocycles. The standard InChI is InChI=1S/C32H36N4O6/c1-6-36-21(4)12-20(3)29(32(36)40)31(39)35-15-25-27(16-35)41-18-22-8-7-9-24(13-22)42-26-14-23(11-10-19(26)2)30(38)34(5)17-28(37)33-25/h7-14,25,27H,6,15-18H2,1-5H3,(H,33,37)/t25-,27-/m0/s1. The maximum atomic E-state index is 13.7. The van der Waals surface area contributed by atoms with Crippen LogP contribution in [0.4, 0.5) is 0 Å². The number of amides is 3. The second-order valence-electron chi connectivity index (χ2n) is 11.0. The van der Waals surface area contributed by atoms with Gasteiger partial charge in [-0.3, -0.25) is 19.2 Å². The zero-order chi connectivity index (χ0) is 30.1. The Bertz CT molecular complexity index is 1610. The second kappa shape index (κ2) is 11.8. The van der Waals surface area contributed by atoms with Crippen molar-refractivity contribution in [1.29, 1.82) is 0 Å². The molecule has 0 radical (unpaired) electrons. The summed E-state index contributed by atoms with van der Waals surface area (Å²) < 4.78 is 14.0. The Morgan fingerprint density at radius 1 is 1.00 bits per heavy atom. The van der Waals surface area contributed by atoms with Gasteiger partial charge >= 0.3 is 0 Å². The van der Waals surface area contributed by atoms with Crippen molar-refractivity contribution in [2.45, 2.75) is 53.0 Å². The number of carbonyl (C=O) groups is 3. The predicted molar refractivity (Wildman–Crippen MR) is 157 cm³/mol. The first-order valence-electron chi connectivity index (χ1n) is 14.1. The van der Waals surface area contributed by atoms with E-state index < -0.39 is 18.1 Å². The first-order valence-corrected chi connectivity index (χ1v) is 14.1. The van der Waals surface area contributed by atoms with Gasteiger partial charge in [0.1, 0.15) is 17.1 Å². The van der Waals surface area contributed by atoms with Gasteiger partial charge in [0, 0.05) is 37.9 Å². The molecule has 3 amide bonds. The normalized spacial score (nSPS) is 19.3. The number of carbonyl (C=O) groups excluding carboxylic acids is 3. The van der Waals surface area contributed by atoms with Gasteiger partial charge < -0.3 is 29.2 Å². The molecule has 5 rings (SSSR count). The summed E-state index contributed by atoms with van der Waals surface area (Å²) in [6, 6.07) is 14.0. The minimum absolute atomic E-state index is 0.124. The highest BCUT2D eigenvalue weighted by molar-refractivity contribution is 5.97. The van der Waals surface area contributed by atoms with Gasteiger partial charge in [0.15, 0.2) is 0 Å². The van der Waals surface area contributed by atoms with Crippen molar-refractivity contribution < 1.29 is 23.9 Å². The van der Waals surface area contributed by atoms with E-state index in [2.05, 4.69) is 5.32 Å². The largest absolute Gasteiger partial charge is 0.457 e. The van der Waals surface area contributed by atoms with Gasteiger partial charge in [0.25, 0.3) is 17.4 Å². The second-order valence-corrected chi connectivity index (χ2v) is 11.0. The van der Waals surface area contributed by atoms with Crippen molar-refractivity contribution in [3.05, 3.63) is 92.4 Å². The average Bonchev–Trinajstić information content (AvgIpc) is 3.34. The molecule has 0 saturated carbocycles. The first kappa shape index (κ1) is 29.1. The van der Waals surface area contributed by atoms with E-state index in [1.807, 2.05) is 57.2 Å². The number of aryl methyl sites for hydroxylation is 3. The fourth-order valence-electron chi connectivity index (χ4n) is 5.62. The Balaban J connectivity index is 1.45. The molecule has 220 valence electrons. The molecular weight excluding hydrogens is 536 g/mol. The Labute approximate surface area is 244 Å². The minimum Gasteiger partial charge on any atom is -0.457 e. The highest BCUT2D eigenvalue weighted by Gasteiger charge is 2.39. The predicted octanol–water partition coefficient (Wildman–Crippen LogP) is 3.20. The van der Waals surface area contributed by atoms with Gasteiger partial charge in [-0.25, -0.2) is 0 Å². The summed E-state index contributed by atoms with van der Waals surface area (Å²) in [5.74, 6) is 0.0419. The monoisotopic (exact) mass is 572 g/mol. The number of rotatable bonds is 2. The zero-order valence-electron chi connectivity index (χ0n) is 24.6. The van der Waals surface area contributed by atoms with Gasteiger partial charge in [-0.1, -0.05) is 18.2 Å². The zero-order valence-corrected chi connectivity index (χ0v) is 24.6. The maximum Gasteiger partial charge on any atom is 0.263 e. The van der Waals surface area contributed by atoms with E-state index in [-0.39, 0.29) is 49.2 Å². The summed E-state index contributed by atoms with van der Waals surface area (Å²) in [6.07, 6.45) is -0.537. The smallest absolute Gasteiger partial charge is 0.263 e. The molecule has 2 aliphatic rings. The summed E-state index contributed by atoms with van der Waals surface area (Å²) in [5, 5.41) is 2.97. The molecule has 42 heavy (non-hydrogen) atoms. The lowest BCUT2D eigenvalue weighted by Gasteiger charge is -2.23. The van der Waals surface area contributed by atoms with Crippen LogP contribution < -0.4 is 15.6 Å². The fourth-order valence-corrected chi connectivity index (χ4v) is 5.62. The van der Waals surface area contributed by atoms with Crippen LogP contribution in [0.15, 0.2) is 53.3 Å². The number of nitrogens with zero attached hydrogens (tertiary/aromatic N) is 3. The van der Waals surface area contributed by atoms with E-state index in [0.29, 0.717) is 29.2 Å². The van der Waals surface area contributed by atoms with Crippen molar-refractivity contribution in [1.82, 2.24) is 19.7 Å². The molecule has 1 fully saturated rings. The molecule has 2 aliphatic heterocycles. The first-order chi connectivity index (χ1) is 20.0. The van der Waals surface area contributed by atoms with Crippen LogP contribution in [-0.4, -0.2) is 70.9 Å². The van der Waals surface area contributed by atoms with E-state index in [4.69, 9.17) is 9.47 Å². The van der Waals surface area contributed by atoms with E-state index >= 15 is 0 Å². The molecule has 3 aromatic rings. The molecule has 10 nitrogen and oxygen atoms in total. The van der Waals surface area contributed by atoms with Crippen molar-refractivity contribution in [2.75, 3.05) is 26.7 Å². The SMILES string of the molecule is CCn1c(C)cc(C)c(C(=O)N2C[C@@H]3NC(=O)CN(C)C(=O)c4ccc(C)c(c4)Oc4cccc(c4)CO[C@H]3C2)c1=O. The van der Waals surface area contributed by atoms with Crippen LogP contribution in [0.1, 0.15) is 50.0 Å². The molecule has 10 heteroatoms. The Hall–Kier alpha value is -4.44. The van der Waals surface area contributed by atoms with Crippen molar-refractivity contribution >= 4 is 17.7 Å². The van der Waals surface area contributed by atoms with Crippen LogP contribution in [0.25, 0.3) is 0 Å². The number of benzene rings is 2. The van der Waals surface area contributed by atoms with E-state index in [0.717, 1.165) is 16.8 Å². The molecule has 0 unspecified atom stereocenters. The third-order valence-corrected chi connectivity index (χ3v) is 7.89. The molecular formula is C32H36N4O6. The molecule has 1 aromatic heterocycles. The number of pyridine rings is 1. The Morgan fingerprint density at radius 2 is 1.79 bits per heavy atom. The number of aromatic nitrogens is 1. The number of ether oxygens (including phenoxy) is 2.